The molecular weight excluding hydrogens is 548 g/mol. The molecule has 8 nitrogen and oxygen atoms in total. The third-order valence-electron chi connectivity index (χ3n) is 7.33. The molecule has 0 amide bonds. The number of ether oxygens (including phenoxy) is 2. The largest absolute Gasteiger partial charge is 0.459 e. The van der Waals surface area contributed by atoms with Crippen LogP contribution in [0.2, 0.25) is 0 Å². The monoisotopic (exact) mass is 604 g/mol. The van der Waals surface area contributed by atoms with Gasteiger partial charge in [0, 0.05) is 35.7 Å². The first kappa shape index (κ1) is 35.7. The second-order valence-electron chi connectivity index (χ2n) is 13.7. The van der Waals surface area contributed by atoms with Crippen molar-refractivity contribution in [1.82, 2.24) is 9.80 Å². The van der Waals surface area contributed by atoms with Gasteiger partial charge in [-0.3, -0.25) is 19.4 Å². The Balaban J connectivity index is 2.18. The van der Waals surface area contributed by atoms with Gasteiger partial charge in [-0.2, -0.15) is 0 Å². The van der Waals surface area contributed by atoms with Crippen molar-refractivity contribution in [1.29, 1.82) is 0 Å². The summed E-state index contributed by atoms with van der Waals surface area (Å²) in [7, 11) is 3.94. The van der Waals surface area contributed by atoms with Gasteiger partial charge in [0.25, 0.3) is 0 Å². The van der Waals surface area contributed by atoms with Crippen LogP contribution in [0.15, 0.2) is 0 Å². The summed E-state index contributed by atoms with van der Waals surface area (Å²) in [6.45, 7) is 14.0. The maximum absolute atomic E-state index is 12.7. The summed E-state index contributed by atoms with van der Waals surface area (Å²) in [4.78, 5) is 29.5. The van der Waals surface area contributed by atoms with Crippen LogP contribution in [0.25, 0.3) is 0 Å². The van der Waals surface area contributed by atoms with Crippen molar-refractivity contribution >= 4 is 33.5 Å². The molecule has 0 unspecified atom stereocenters. The Kier molecular flexibility index (Phi) is 14.6. The fraction of sp³-hybridized carbons (Fsp3) is 0.933. The molecule has 2 rings (SSSR count). The number of hydrogen-bond acceptors (Lipinski definition) is 10. The predicted molar refractivity (Wildman–Crippen MR) is 166 cm³/mol. The summed E-state index contributed by atoms with van der Waals surface area (Å²) in [5, 5.41) is 19.6. The van der Waals surface area contributed by atoms with Gasteiger partial charge in [0.1, 0.15) is 11.2 Å². The van der Waals surface area contributed by atoms with Gasteiger partial charge >= 0.3 is 11.9 Å². The second kappa shape index (κ2) is 16.4. The molecule has 2 N–H and O–H groups in total. The highest BCUT2D eigenvalue weighted by Gasteiger charge is 2.42. The summed E-state index contributed by atoms with van der Waals surface area (Å²) < 4.78 is 11.2. The predicted octanol–water partition coefficient (Wildman–Crippen LogP) is 5.05. The van der Waals surface area contributed by atoms with Crippen LogP contribution in [0.1, 0.15) is 106 Å². The average Bonchev–Trinajstić information content (AvgIpc) is 2.82. The number of aliphatic hydroxyl groups excluding tert-OH is 2. The van der Waals surface area contributed by atoms with E-state index in [4.69, 9.17) is 9.47 Å². The Morgan fingerprint density at radius 1 is 0.650 bits per heavy atom. The molecule has 2 saturated carbocycles. The molecule has 0 spiro atoms. The highest BCUT2D eigenvalue weighted by atomic mass is 33.1. The average molecular weight is 605 g/mol. The number of aliphatic hydroxyl groups is 2. The fourth-order valence-corrected chi connectivity index (χ4v) is 9.85. The highest BCUT2D eigenvalue weighted by molar-refractivity contribution is 8.77. The Morgan fingerprint density at radius 3 is 1.25 bits per heavy atom. The smallest absolute Gasteiger partial charge is 0.320 e. The molecule has 0 aromatic carbocycles. The zero-order valence-electron chi connectivity index (χ0n) is 26.0. The van der Waals surface area contributed by atoms with E-state index in [0.717, 1.165) is 64.5 Å². The SMILES string of the molecule is CC(C)(C)OC(=O)CN(CCO)CC1(SSC2(CN(CCO)CC(=O)OC(C)(C)C)CCCCC2)CCCCC1. The number of rotatable bonds is 15. The summed E-state index contributed by atoms with van der Waals surface area (Å²) in [5.74, 6) is -0.509. The number of carbonyl (C=O) groups is 2. The first-order valence-electron chi connectivity index (χ1n) is 15.2. The lowest BCUT2D eigenvalue weighted by Crippen LogP contribution is -2.48. The third-order valence-corrected chi connectivity index (χ3v) is 11.6. The zero-order chi connectivity index (χ0) is 29.9. The van der Waals surface area contributed by atoms with E-state index in [9.17, 15) is 19.8 Å². The fourth-order valence-electron chi connectivity index (χ4n) is 5.74. The van der Waals surface area contributed by atoms with Gasteiger partial charge < -0.3 is 19.7 Å². The molecule has 234 valence electrons. The van der Waals surface area contributed by atoms with Crippen LogP contribution in [0.4, 0.5) is 0 Å². The number of esters is 2. The van der Waals surface area contributed by atoms with Crippen molar-refractivity contribution in [3.05, 3.63) is 0 Å². The minimum Gasteiger partial charge on any atom is -0.459 e. The van der Waals surface area contributed by atoms with Crippen molar-refractivity contribution in [2.24, 2.45) is 0 Å². The minimum absolute atomic E-state index is 0.00140. The van der Waals surface area contributed by atoms with Crippen LogP contribution in [0, 0.1) is 0 Å². The molecule has 0 saturated heterocycles. The Hall–Kier alpha value is -0.520. The third kappa shape index (κ3) is 13.6. The Labute approximate surface area is 251 Å². The lowest BCUT2D eigenvalue weighted by atomic mass is 9.87. The first-order chi connectivity index (χ1) is 18.7. The van der Waals surface area contributed by atoms with Gasteiger partial charge in [-0.15, -0.1) is 0 Å². The van der Waals surface area contributed by atoms with Crippen LogP contribution < -0.4 is 0 Å². The van der Waals surface area contributed by atoms with Crippen LogP contribution in [0.3, 0.4) is 0 Å². The molecule has 10 heteroatoms. The molecule has 0 radical (unpaired) electrons. The first-order valence-corrected chi connectivity index (χ1v) is 17.3. The van der Waals surface area contributed by atoms with Crippen molar-refractivity contribution in [2.45, 2.75) is 126 Å². The number of hydrogen-bond donors (Lipinski definition) is 2. The van der Waals surface area contributed by atoms with E-state index in [1.807, 2.05) is 63.1 Å². The maximum atomic E-state index is 12.7. The van der Waals surface area contributed by atoms with E-state index >= 15 is 0 Å². The molecule has 0 aliphatic heterocycles. The summed E-state index contributed by atoms with van der Waals surface area (Å²) in [6, 6.07) is 0. The molecule has 2 aliphatic carbocycles. The van der Waals surface area contributed by atoms with E-state index in [1.165, 1.54) is 12.8 Å². The molecule has 0 heterocycles. The van der Waals surface area contributed by atoms with E-state index in [2.05, 4.69) is 9.80 Å². The molecule has 0 aromatic heterocycles. The van der Waals surface area contributed by atoms with Crippen molar-refractivity contribution in [3.8, 4) is 0 Å². The van der Waals surface area contributed by atoms with E-state index in [-0.39, 0.29) is 47.7 Å². The molecule has 2 aliphatic rings. The van der Waals surface area contributed by atoms with E-state index in [1.54, 1.807) is 0 Å². The summed E-state index contributed by atoms with van der Waals surface area (Å²) >= 11 is 0. The van der Waals surface area contributed by atoms with Crippen LogP contribution in [0.5, 0.6) is 0 Å². The minimum atomic E-state index is -0.539. The molecule has 2 fully saturated rings. The van der Waals surface area contributed by atoms with Crippen molar-refractivity contribution < 1.29 is 29.3 Å². The van der Waals surface area contributed by atoms with Crippen molar-refractivity contribution in [3.63, 3.8) is 0 Å². The second-order valence-corrected chi connectivity index (χ2v) is 16.8. The van der Waals surface area contributed by atoms with Crippen LogP contribution in [-0.4, -0.2) is 105 Å². The number of carbonyl (C=O) groups excluding carboxylic acids is 2. The van der Waals surface area contributed by atoms with Crippen molar-refractivity contribution in [2.75, 3.05) is 52.5 Å². The zero-order valence-corrected chi connectivity index (χ0v) is 27.6. The molecular formula is C30H56N2O6S2. The van der Waals surface area contributed by atoms with Crippen LogP contribution >= 0.6 is 21.6 Å². The van der Waals surface area contributed by atoms with Gasteiger partial charge in [-0.05, 0) is 67.2 Å². The standard InChI is InChI=1S/C30H56N2O6S2/c1-27(2,3)37-25(35)21-31(17-19-33)23-29(13-9-7-10-14-29)39-40-30(15-11-8-12-16-30)24-32(18-20-34)22-26(36)38-28(4,5)6/h33-34H,7-24H2,1-6H3. The van der Waals surface area contributed by atoms with Gasteiger partial charge in [-0.25, -0.2) is 0 Å². The normalized spacial score (nSPS) is 19.6. The van der Waals surface area contributed by atoms with Gasteiger partial charge in [0.05, 0.1) is 26.3 Å². The maximum Gasteiger partial charge on any atom is 0.320 e. The molecule has 0 atom stereocenters. The lowest BCUT2D eigenvalue weighted by molar-refractivity contribution is -0.157. The Morgan fingerprint density at radius 2 is 0.975 bits per heavy atom. The summed E-state index contributed by atoms with van der Waals surface area (Å²) in [6.07, 6.45) is 11.4. The molecule has 0 aromatic rings. The topological polar surface area (TPSA) is 99.5 Å². The van der Waals surface area contributed by atoms with Gasteiger partial charge in [-0.1, -0.05) is 60.1 Å². The van der Waals surface area contributed by atoms with E-state index < -0.39 is 11.2 Å². The molecule has 40 heavy (non-hydrogen) atoms. The summed E-state index contributed by atoms with van der Waals surface area (Å²) in [5.41, 5.74) is -1.08. The lowest BCUT2D eigenvalue weighted by Gasteiger charge is -2.45. The quantitative estimate of drug-likeness (QED) is 0.195. The van der Waals surface area contributed by atoms with Gasteiger partial charge in [0.2, 0.25) is 0 Å². The van der Waals surface area contributed by atoms with Gasteiger partial charge in [0.15, 0.2) is 0 Å². The van der Waals surface area contributed by atoms with Crippen LogP contribution in [-0.2, 0) is 19.1 Å². The molecule has 0 bridgehead atoms. The number of nitrogens with zero attached hydrogens (tertiary/aromatic N) is 2. The Bertz CT molecular complexity index is 707. The van der Waals surface area contributed by atoms with E-state index in [0.29, 0.717) is 13.1 Å². The highest BCUT2D eigenvalue weighted by Crippen LogP contribution is 2.54.